The molecule has 0 atom stereocenters. The highest BCUT2D eigenvalue weighted by Gasteiger charge is 2.25. The third kappa shape index (κ3) is 2.88. The molecule has 7 aromatic rings. The van der Waals surface area contributed by atoms with E-state index >= 15 is 0 Å². The third-order valence-electron chi connectivity index (χ3n) is 8.51. The molecule has 2 aromatic heterocycles. The minimum atomic E-state index is 0.980. The second-order valence-electron chi connectivity index (χ2n) is 10.5. The Labute approximate surface area is 231 Å². The lowest BCUT2D eigenvalue weighted by Crippen LogP contribution is -2.12. The second kappa shape index (κ2) is 8.08. The molecule has 2 aliphatic rings. The summed E-state index contributed by atoms with van der Waals surface area (Å²) in [6.45, 7) is 0. The molecule has 2 heteroatoms. The van der Waals surface area contributed by atoms with Crippen molar-refractivity contribution in [2.45, 2.75) is 0 Å². The first-order valence-corrected chi connectivity index (χ1v) is 13.7. The summed E-state index contributed by atoms with van der Waals surface area (Å²) >= 11 is 0. The average molecular weight is 507 g/mol. The molecule has 0 radical (unpaired) electrons. The van der Waals surface area contributed by atoms with Gasteiger partial charge >= 0.3 is 0 Å². The predicted octanol–water partition coefficient (Wildman–Crippen LogP) is 7.24. The minimum Gasteiger partial charge on any atom is -0.256 e. The normalized spacial score (nSPS) is 12.9. The van der Waals surface area contributed by atoms with Crippen LogP contribution in [0.1, 0.15) is 22.3 Å². The Morgan fingerprint density at radius 2 is 0.625 bits per heavy atom. The van der Waals surface area contributed by atoms with Crippen LogP contribution in [0, 0.1) is 0 Å². The number of rotatable bonds is 0. The molecular weight excluding hydrogens is 484 g/mol. The van der Waals surface area contributed by atoms with Crippen LogP contribution >= 0.6 is 0 Å². The van der Waals surface area contributed by atoms with Crippen LogP contribution in [0.4, 0.5) is 0 Å². The Balaban J connectivity index is 1.42. The molecule has 2 aliphatic carbocycles. The fourth-order valence-corrected chi connectivity index (χ4v) is 6.84. The second-order valence-corrected chi connectivity index (χ2v) is 10.5. The van der Waals surface area contributed by atoms with Crippen LogP contribution in [0.25, 0.3) is 55.2 Å². The Morgan fingerprint density at radius 1 is 0.325 bits per heavy atom. The number of aromatic nitrogens is 2. The van der Waals surface area contributed by atoms with Gasteiger partial charge in [0.1, 0.15) is 0 Å². The van der Waals surface area contributed by atoms with Crippen molar-refractivity contribution in [2.24, 2.45) is 0 Å². The van der Waals surface area contributed by atoms with Crippen LogP contribution in [0.2, 0.25) is 0 Å². The molecule has 40 heavy (non-hydrogen) atoms. The van der Waals surface area contributed by atoms with Crippen LogP contribution in [-0.4, -0.2) is 9.97 Å². The van der Waals surface area contributed by atoms with Crippen molar-refractivity contribution in [3.8, 4) is 22.3 Å². The molecule has 0 fully saturated rings. The average Bonchev–Trinajstić information content (AvgIpc) is 3.53. The van der Waals surface area contributed by atoms with E-state index in [1.807, 2.05) is 12.4 Å². The zero-order chi connectivity index (χ0) is 26.2. The van der Waals surface area contributed by atoms with Crippen LogP contribution in [0.3, 0.4) is 0 Å². The van der Waals surface area contributed by atoms with Gasteiger partial charge < -0.3 is 0 Å². The summed E-state index contributed by atoms with van der Waals surface area (Å²) in [6, 6.07) is 43.6. The highest BCUT2D eigenvalue weighted by atomic mass is 14.7. The van der Waals surface area contributed by atoms with E-state index in [0.29, 0.717) is 0 Å². The Kier molecular flexibility index (Phi) is 4.36. The van der Waals surface area contributed by atoms with Gasteiger partial charge in [-0.25, -0.2) is 0 Å². The maximum atomic E-state index is 4.88. The molecule has 0 unspecified atom stereocenters. The van der Waals surface area contributed by atoms with Crippen molar-refractivity contribution in [3.63, 3.8) is 0 Å². The first-order valence-electron chi connectivity index (χ1n) is 13.7. The summed E-state index contributed by atoms with van der Waals surface area (Å²) in [7, 11) is 0. The fraction of sp³-hybridized carbons (Fsp3) is 0. The molecule has 0 bridgehead atoms. The number of benzene rings is 5. The fourth-order valence-electron chi connectivity index (χ4n) is 6.84. The van der Waals surface area contributed by atoms with E-state index in [-0.39, 0.29) is 0 Å². The predicted molar refractivity (Wildman–Crippen MR) is 163 cm³/mol. The lowest BCUT2D eigenvalue weighted by Gasteiger charge is -2.09. The van der Waals surface area contributed by atoms with E-state index in [1.54, 1.807) is 0 Å². The van der Waals surface area contributed by atoms with Crippen molar-refractivity contribution in [2.75, 3.05) is 0 Å². The van der Waals surface area contributed by atoms with Crippen LogP contribution in [0.5, 0.6) is 0 Å². The smallest absolute Gasteiger partial charge is 0.0715 e. The first kappa shape index (κ1) is 21.6. The molecule has 9 rings (SSSR count). The first-order chi connectivity index (χ1) is 19.9. The summed E-state index contributed by atoms with van der Waals surface area (Å²) in [6.07, 6.45) is 3.90. The number of pyridine rings is 2. The van der Waals surface area contributed by atoms with E-state index in [1.165, 1.54) is 66.1 Å². The molecule has 0 spiro atoms. The largest absolute Gasteiger partial charge is 0.256 e. The Hall–Kier alpha value is -5.34. The summed E-state index contributed by atoms with van der Waals surface area (Å²) < 4.78 is 0. The highest BCUT2D eigenvalue weighted by Crippen LogP contribution is 2.44. The molecular formula is C38H22N2. The zero-order valence-corrected chi connectivity index (χ0v) is 21.6. The van der Waals surface area contributed by atoms with E-state index < -0.39 is 0 Å². The van der Waals surface area contributed by atoms with Crippen molar-refractivity contribution >= 4 is 33.0 Å². The van der Waals surface area contributed by atoms with Gasteiger partial charge in [-0.05, 0) is 90.4 Å². The molecule has 5 aromatic carbocycles. The molecule has 0 amide bonds. The van der Waals surface area contributed by atoms with Crippen LogP contribution < -0.4 is 10.4 Å². The molecule has 2 heterocycles. The molecule has 0 saturated carbocycles. The molecule has 0 aliphatic heterocycles. The molecule has 0 N–H and O–H groups in total. The minimum absolute atomic E-state index is 0.980. The van der Waals surface area contributed by atoms with Gasteiger partial charge in [-0.2, -0.15) is 0 Å². The van der Waals surface area contributed by atoms with E-state index in [0.717, 1.165) is 21.8 Å². The Bertz CT molecular complexity index is 2070. The molecule has 184 valence electrons. The SMILES string of the molecule is c1ccc2c(c1)C(=c1ccnc3cc4c(=C5c6ccccc6-c6ccccc65)ccnc4cc13)c1ccccc1-2. The van der Waals surface area contributed by atoms with Gasteiger partial charge in [0.25, 0.3) is 0 Å². The maximum Gasteiger partial charge on any atom is 0.0715 e. The maximum absolute atomic E-state index is 4.88. The van der Waals surface area contributed by atoms with Gasteiger partial charge in [0, 0.05) is 23.2 Å². The van der Waals surface area contributed by atoms with Crippen molar-refractivity contribution in [3.05, 3.63) is 166 Å². The van der Waals surface area contributed by atoms with Crippen LogP contribution in [0.15, 0.2) is 134 Å². The molecule has 0 saturated heterocycles. The summed E-state index contributed by atoms with van der Waals surface area (Å²) in [4.78, 5) is 9.76. The number of fused-ring (bicyclic) bond motifs is 8. The number of hydrogen-bond acceptors (Lipinski definition) is 2. The van der Waals surface area contributed by atoms with Gasteiger partial charge in [-0.15, -0.1) is 0 Å². The lowest BCUT2D eigenvalue weighted by atomic mass is 9.96. The monoisotopic (exact) mass is 506 g/mol. The Morgan fingerprint density at radius 3 is 0.950 bits per heavy atom. The van der Waals surface area contributed by atoms with Crippen molar-refractivity contribution in [1.29, 1.82) is 0 Å². The highest BCUT2D eigenvalue weighted by molar-refractivity contribution is 6.06. The quantitative estimate of drug-likeness (QED) is 0.203. The molecule has 2 nitrogen and oxygen atoms in total. The summed E-state index contributed by atoms with van der Waals surface area (Å²) in [5.74, 6) is 0. The zero-order valence-electron chi connectivity index (χ0n) is 21.6. The van der Waals surface area contributed by atoms with E-state index in [9.17, 15) is 0 Å². The topological polar surface area (TPSA) is 25.8 Å². The van der Waals surface area contributed by atoms with Gasteiger partial charge in [0.15, 0.2) is 0 Å². The number of hydrogen-bond donors (Lipinski definition) is 0. The third-order valence-corrected chi connectivity index (χ3v) is 8.51. The summed E-state index contributed by atoms with van der Waals surface area (Å²) in [5, 5.41) is 4.64. The van der Waals surface area contributed by atoms with Crippen molar-refractivity contribution in [1.82, 2.24) is 9.97 Å². The van der Waals surface area contributed by atoms with Crippen LogP contribution in [-0.2, 0) is 0 Å². The summed E-state index contributed by atoms with van der Waals surface area (Å²) in [5.41, 5.74) is 14.7. The van der Waals surface area contributed by atoms with Gasteiger partial charge in [0.2, 0.25) is 0 Å². The standard InChI is InChI=1S/C38H22N2/c1-5-13-27-23(9-1)24-10-2-6-14-28(24)37(27)31-17-19-39-35-22-34-32(18-20-40-36(34)21-33(31)35)38-29-15-7-3-11-25(29)26-12-4-8-16-30(26)38/h1-22H. The number of nitrogens with zero attached hydrogens (tertiary/aromatic N) is 2. The van der Waals surface area contributed by atoms with Crippen molar-refractivity contribution < 1.29 is 0 Å². The van der Waals surface area contributed by atoms with Gasteiger partial charge in [-0.3, -0.25) is 9.97 Å². The van der Waals surface area contributed by atoms with E-state index in [2.05, 4.69) is 121 Å². The van der Waals surface area contributed by atoms with Gasteiger partial charge in [0.05, 0.1) is 11.0 Å². The van der Waals surface area contributed by atoms with Gasteiger partial charge in [-0.1, -0.05) is 97.1 Å². The van der Waals surface area contributed by atoms with E-state index in [4.69, 9.17) is 9.97 Å². The lowest BCUT2D eigenvalue weighted by molar-refractivity contribution is 1.37.